The minimum atomic E-state index is 0.119. The number of nitrogens with zero attached hydrogens (tertiary/aromatic N) is 2. The van der Waals surface area contributed by atoms with Crippen molar-refractivity contribution in [1.29, 1.82) is 0 Å². The topological polar surface area (TPSA) is 48.4 Å². The highest BCUT2D eigenvalue weighted by Crippen LogP contribution is 2.31. The molecule has 0 spiro atoms. The summed E-state index contributed by atoms with van der Waals surface area (Å²) in [5.41, 5.74) is 1.08. The first kappa shape index (κ1) is 13.6. The van der Waals surface area contributed by atoms with E-state index in [1.54, 1.807) is 0 Å². The van der Waals surface area contributed by atoms with E-state index >= 15 is 0 Å². The van der Waals surface area contributed by atoms with Crippen LogP contribution in [-0.2, 0) is 0 Å². The standard InChI is InChI=1S/C15H21N3O/c1-11(2)17-13-6-4-5-12-7-8-16-15(14(12)13)18(3)9-10-19/h4-8,11,17,19H,9-10H2,1-3H3. The van der Waals surface area contributed by atoms with Gasteiger partial charge in [-0.1, -0.05) is 12.1 Å². The Morgan fingerprint density at radius 3 is 2.79 bits per heavy atom. The van der Waals surface area contributed by atoms with Crippen LogP contribution in [0.25, 0.3) is 10.8 Å². The molecule has 0 saturated carbocycles. The van der Waals surface area contributed by atoms with Crippen molar-refractivity contribution in [2.45, 2.75) is 19.9 Å². The molecule has 0 aliphatic heterocycles. The summed E-state index contributed by atoms with van der Waals surface area (Å²) in [6, 6.07) is 8.57. The van der Waals surface area contributed by atoms with Crippen molar-refractivity contribution in [1.82, 2.24) is 4.98 Å². The number of rotatable bonds is 5. The number of nitrogens with one attached hydrogen (secondary N) is 1. The van der Waals surface area contributed by atoms with Gasteiger partial charge in [0.1, 0.15) is 5.82 Å². The van der Waals surface area contributed by atoms with Crippen LogP contribution in [0.3, 0.4) is 0 Å². The minimum absolute atomic E-state index is 0.119. The van der Waals surface area contributed by atoms with Gasteiger partial charge in [-0.3, -0.25) is 0 Å². The SMILES string of the molecule is CC(C)Nc1cccc2ccnc(N(C)CCO)c12. The molecule has 1 aromatic heterocycles. The second-order valence-corrected chi connectivity index (χ2v) is 4.98. The zero-order valence-corrected chi connectivity index (χ0v) is 11.7. The first-order chi connectivity index (χ1) is 9.13. The van der Waals surface area contributed by atoms with Crippen LogP contribution in [0.15, 0.2) is 30.5 Å². The van der Waals surface area contributed by atoms with Crippen LogP contribution in [0.2, 0.25) is 0 Å². The van der Waals surface area contributed by atoms with Crippen LogP contribution < -0.4 is 10.2 Å². The van der Waals surface area contributed by atoms with E-state index in [1.165, 1.54) is 0 Å². The van der Waals surface area contributed by atoms with Gasteiger partial charge in [-0.25, -0.2) is 4.98 Å². The maximum atomic E-state index is 9.10. The van der Waals surface area contributed by atoms with Crippen molar-refractivity contribution in [3.63, 3.8) is 0 Å². The highest BCUT2D eigenvalue weighted by Gasteiger charge is 2.11. The third-order valence-electron chi connectivity index (χ3n) is 3.01. The molecule has 2 rings (SSSR count). The lowest BCUT2D eigenvalue weighted by Crippen LogP contribution is -2.22. The maximum Gasteiger partial charge on any atom is 0.138 e. The number of fused-ring (bicyclic) bond motifs is 1. The Hall–Kier alpha value is -1.81. The number of hydrogen-bond donors (Lipinski definition) is 2. The normalized spacial score (nSPS) is 11.0. The van der Waals surface area contributed by atoms with Gasteiger partial charge in [0, 0.05) is 36.9 Å². The molecule has 0 aliphatic rings. The second-order valence-electron chi connectivity index (χ2n) is 4.98. The number of likely N-dealkylation sites (N-methyl/N-ethyl adjacent to an activating group) is 1. The van der Waals surface area contributed by atoms with Gasteiger partial charge in [-0.2, -0.15) is 0 Å². The van der Waals surface area contributed by atoms with Crippen LogP contribution >= 0.6 is 0 Å². The van der Waals surface area contributed by atoms with Gasteiger partial charge >= 0.3 is 0 Å². The van der Waals surface area contributed by atoms with Crippen molar-refractivity contribution in [2.24, 2.45) is 0 Å². The third kappa shape index (κ3) is 2.96. The van der Waals surface area contributed by atoms with E-state index < -0.39 is 0 Å². The van der Waals surface area contributed by atoms with Gasteiger partial charge in [0.05, 0.1) is 6.61 Å². The Morgan fingerprint density at radius 2 is 2.11 bits per heavy atom. The molecule has 0 fully saturated rings. The van der Waals surface area contributed by atoms with Gasteiger partial charge < -0.3 is 15.3 Å². The summed E-state index contributed by atoms with van der Waals surface area (Å²) in [6.07, 6.45) is 1.81. The van der Waals surface area contributed by atoms with E-state index in [9.17, 15) is 0 Å². The number of hydrogen-bond acceptors (Lipinski definition) is 4. The Kier molecular flexibility index (Phi) is 4.22. The Balaban J connectivity index is 2.56. The third-order valence-corrected chi connectivity index (χ3v) is 3.01. The number of anilines is 2. The van der Waals surface area contributed by atoms with Gasteiger partial charge in [-0.05, 0) is 31.4 Å². The van der Waals surface area contributed by atoms with Crippen LogP contribution in [0.1, 0.15) is 13.8 Å². The zero-order chi connectivity index (χ0) is 13.8. The van der Waals surface area contributed by atoms with Crippen molar-refractivity contribution < 1.29 is 5.11 Å². The lowest BCUT2D eigenvalue weighted by molar-refractivity contribution is 0.304. The molecule has 0 bridgehead atoms. The summed E-state index contributed by atoms with van der Waals surface area (Å²) in [5.74, 6) is 0.898. The Bertz CT molecular complexity index is 549. The van der Waals surface area contributed by atoms with Crippen LogP contribution in [0.5, 0.6) is 0 Å². The summed E-state index contributed by atoms with van der Waals surface area (Å²) in [6.45, 7) is 4.93. The highest BCUT2D eigenvalue weighted by molar-refractivity contribution is 6.01. The molecule has 0 amide bonds. The molecule has 1 heterocycles. The number of benzene rings is 1. The molecule has 0 aliphatic carbocycles. The predicted molar refractivity (Wildman–Crippen MR) is 80.9 cm³/mol. The summed E-state index contributed by atoms with van der Waals surface area (Å²) in [5, 5.41) is 14.8. The summed E-state index contributed by atoms with van der Waals surface area (Å²) < 4.78 is 0. The van der Waals surface area contributed by atoms with Crippen molar-refractivity contribution >= 4 is 22.3 Å². The summed E-state index contributed by atoms with van der Waals surface area (Å²) in [7, 11) is 1.95. The van der Waals surface area contributed by atoms with E-state index in [2.05, 4.69) is 36.3 Å². The van der Waals surface area contributed by atoms with Crippen LogP contribution in [0.4, 0.5) is 11.5 Å². The smallest absolute Gasteiger partial charge is 0.138 e. The first-order valence-corrected chi connectivity index (χ1v) is 6.59. The molecule has 1 aromatic carbocycles. The molecular formula is C15H21N3O. The molecular weight excluding hydrogens is 238 g/mol. The monoisotopic (exact) mass is 259 g/mol. The van der Waals surface area contributed by atoms with Gasteiger partial charge in [0.25, 0.3) is 0 Å². The first-order valence-electron chi connectivity index (χ1n) is 6.59. The fourth-order valence-corrected chi connectivity index (χ4v) is 2.19. The maximum absolute atomic E-state index is 9.10. The number of pyridine rings is 1. The molecule has 2 aromatic rings. The molecule has 102 valence electrons. The fourth-order valence-electron chi connectivity index (χ4n) is 2.19. The molecule has 4 nitrogen and oxygen atoms in total. The van der Waals surface area contributed by atoms with E-state index in [4.69, 9.17) is 5.11 Å². The predicted octanol–water partition coefficient (Wildman–Crippen LogP) is 2.48. The quantitative estimate of drug-likeness (QED) is 0.866. The van der Waals surface area contributed by atoms with E-state index in [1.807, 2.05) is 30.3 Å². The van der Waals surface area contributed by atoms with Crippen molar-refractivity contribution in [3.8, 4) is 0 Å². The molecule has 4 heteroatoms. The zero-order valence-electron chi connectivity index (χ0n) is 11.7. The molecule has 0 unspecified atom stereocenters. The lowest BCUT2D eigenvalue weighted by Gasteiger charge is -2.21. The van der Waals surface area contributed by atoms with E-state index in [-0.39, 0.29) is 6.61 Å². The number of aliphatic hydroxyl groups is 1. The second kappa shape index (κ2) is 5.89. The van der Waals surface area contributed by atoms with Crippen LogP contribution in [0, 0.1) is 0 Å². The average Bonchev–Trinajstić information content (AvgIpc) is 2.38. The van der Waals surface area contributed by atoms with Crippen LogP contribution in [-0.4, -0.2) is 36.3 Å². The van der Waals surface area contributed by atoms with Gasteiger partial charge in [-0.15, -0.1) is 0 Å². The van der Waals surface area contributed by atoms with E-state index in [0.29, 0.717) is 12.6 Å². The summed E-state index contributed by atoms with van der Waals surface area (Å²) in [4.78, 5) is 6.45. The lowest BCUT2D eigenvalue weighted by atomic mass is 10.1. The van der Waals surface area contributed by atoms with Crippen molar-refractivity contribution in [3.05, 3.63) is 30.5 Å². The highest BCUT2D eigenvalue weighted by atomic mass is 16.3. The molecule has 0 atom stereocenters. The molecule has 2 N–H and O–H groups in total. The van der Waals surface area contributed by atoms with E-state index in [0.717, 1.165) is 22.3 Å². The minimum Gasteiger partial charge on any atom is -0.395 e. The van der Waals surface area contributed by atoms with Gasteiger partial charge in [0.2, 0.25) is 0 Å². The molecule has 19 heavy (non-hydrogen) atoms. The van der Waals surface area contributed by atoms with Crippen molar-refractivity contribution in [2.75, 3.05) is 30.4 Å². The number of aromatic nitrogens is 1. The summed E-state index contributed by atoms with van der Waals surface area (Å²) >= 11 is 0. The van der Waals surface area contributed by atoms with Gasteiger partial charge in [0.15, 0.2) is 0 Å². The largest absolute Gasteiger partial charge is 0.395 e. The molecule has 0 radical (unpaired) electrons. The molecule has 0 saturated heterocycles. The number of aliphatic hydroxyl groups excluding tert-OH is 1. The Labute approximate surface area is 114 Å². The Morgan fingerprint density at radius 1 is 1.32 bits per heavy atom. The average molecular weight is 259 g/mol. The fraction of sp³-hybridized carbons (Fsp3) is 0.400.